The van der Waals surface area contributed by atoms with Crippen molar-refractivity contribution in [3.63, 3.8) is 0 Å². The third-order valence-corrected chi connectivity index (χ3v) is 11.4. The summed E-state index contributed by atoms with van der Waals surface area (Å²) < 4.78 is 0. The zero-order valence-corrected chi connectivity index (χ0v) is 32.9. The van der Waals surface area contributed by atoms with Gasteiger partial charge in [0.1, 0.15) is 0 Å². The molecule has 0 atom stereocenters. The summed E-state index contributed by atoms with van der Waals surface area (Å²) >= 11 is 0. The summed E-state index contributed by atoms with van der Waals surface area (Å²) in [6.07, 6.45) is 0. The average molecular weight is 800 g/mol. The molecule has 0 radical (unpaired) electrons. The number of hydrogen-bond donors (Lipinski definition) is 8. The molecule has 8 aromatic carbocycles. The summed E-state index contributed by atoms with van der Waals surface area (Å²) in [5, 5.41) is 77.4. The van der Waals surface area contributed by atoms with Gasteiger partial charge in [0.2, 0.25) is 0 Å². The minimum absolute atomic E-state index is 0.403. The van der Waals surface area contributed by atoms with Gasteiger partial charge < -0.3 is 40.2 Å². The van der Waals surface area contributed by atoms with Crippen LogP contribution in [0, 0.1) is 0 Å². The van der Waals surface area contributed by atoms with E-state index in [4.69, 9.17) is 0 Å². The Morgan fingerprint density at radius 1 is 0.197 bits per heavy atom. The van der Waals surface area contributed by atoms with Crippen molar-refractivity contribution < 1.29 is 40.2 Å². The molecule has 0 amide bonds. The maximum absolute atomic E-state index is 9.67. The molecule has 0 fully saturated rings. The Bertz CT molecular complexity index is 2300. The van der Waals surface area contributed by atoms with Crippen LogP contribution in [0.25, 0.3) is 44.5 Å². The van der Waals surface area contributed by atoms with Crippen LogP contribution in [0.15, 0.2) is 194 Å². The molecule has 0 heterocycles. The van der Waals surface area contributed by atoms with Gasteiger partial charge in [0.15, 0.2) is 0 Å². The normalized spacial score (nSPS) is 11.3. The van der Waals surface area contributed by atoms with Crippen LogP contribution in [-0.4, -0.2) is 68.7 Å². The Balaban J connectivity index is 1.30. The van der Waals surface area contributed by atoms with Crippen molar-refractivity contribution in [2.24, 2.45) is 0 Å². The second-order valence-electron chi connectivity index (χ2n) is 15.0. The van der Waals surface area contributed by atoms with Crippen LogP contribution >= 0.6 is 0 Å². The molecular weight excluding hydrogens is 760 g/mol. The first-order valence-corrected chi connectivity index (χ1v) is 19.8. The third-order valence-electron chi connectivity index (χ3n) is 11.4. The fraction of sp³-hybridized carbons (Fsp3) is 0.0204. The van der Waals surface area contributed by atoms with Gasteiger partial charge in [-0.25, -0.2) is 0 Å². The van der Waals surface area contributed by atoms with Crippen molar-refractivity contribution in [2.75, 3.05) is 0 Å². The van der Waals surface area contributed by atoms with Crippen LogP contribution in [0.2, 0.25) is 0 Å². The Kier molecular flexibility index (Phi) is 12.0. The predicted octanol–water partition coefficient (Wildman–Crippen LogP) is 3.46. The highest BCUT2D eigenvalue weighted by molar-refractivity contribution is 6.59. The van der Waals surface area contributed by atoms with Crippen LogP contribution in [-0.2, 0) is 5.41 Å². The lowest BCUT2D eigenvalue weighted by Gasteiger charge is -2.37. The minimum atomic E-state index is -1.56. The quantitative estimate of drug-likeness (QED) is 0.0690. The highest BCUT2D eigenvalue weighted by Crippen LogP contribution is 2.47. The zero-order chi connectivity index (χ0) is 42.7. The van der Waals surface area contributed by atoms with E-state index < -0.39 is 33.9 Å². The molecule has 0 aliphatic carbocycles. The highest BCUT2D eigenvalue weighted by Gasteiger charge is 2.38. The lowest BCUT2D eigenvalue weighted by atomic mass is 9.64. The molecule has 0 spiro atoms. The van der Waals surface area contributed by atoms with Gasteiger partial charge in [-0.15, -0.1) is 0 Å². The van der Waals surface area contributed by atoms with E-state index in [2.05, 4.69) is 97.1 Å². The van der Waals surface area contributed by atoms with E-state index >= 15 is 0 Å². The van der Waals surface area contributed by atoms with Gasteiger partial charge in [-0.3, -0.25) is 0 Å². The van der Waals surface area contributed by atoms with E-state index in [1.54, 1.807) is 48.5 Å². The van der Waals surface area contributed by atoms with Gasteiger partial charge in [-0.1, -0.05) is 194 Å². The Morgan fingerprint density at radius 3 is 0.459 bits per heavy atom. The van der Waals surface area contributed by atoms with Gasteiger partial charge in [-0.05, 0) is 88.6 Å². The van der Waals surface area contributed by atoms with E-state index in [1.165, 1.54) is 0 Å². The molecule has 8 nitrogen and oxygen atoms in total. The molecule has 296 valence electrons. The molecule has 0 unspecified atom stereocenters. The van der Waals surface area contributed by atoms with Crippen LogP contribution in [0.3, 0.4) is 0 Å². The van der Waals surface area contributed by atoms with Crippen molar-refractivity contribution in [3.05, 3.63) is 216 Å². The lowest BCUT2D eigenvalue weighted by molar-refractivity contribution is 0.424. The summed E-state index contributed by atoms with van der Waals surface area (Å²) in [6, 6.07) is 62.0. The van der Waals surface area contributed by atoms with Crippen LogP contribution in [0.4, 0.5) is 0 Å². The van der Waals surface area contributed by atoms with Crippen molar-refractivity contribution in [1.82, 2.24) is 0 Å². The standard InChI is InChI=1S/C49H40B4O8/c54-50(55)45-25-9-37(10-26-45)33-1-17-41(18-2-33)49(42-19-3-34(4-20-42)38-11-27-46(28-12-38)51(56)57,43-21-5-35(6-22-43)39-13-29-47(30-14-39)52(58)59)44-23-7-36(8-24-44)40-15-31-48(32-16-40)53(60)61/h1-32,54-61H. The second-order valence-corrected chi connectivity index (χ2v) is 15.0. The number of rotatable bonds is 12. The monoisotopic (exact) mass is 800 g/mol. The molecule has 0 bridgehead atoms. The molecule has 12 heteroatoms. The van der Waals surface area contributed by atoms with Gasteiger partial charge in [0, 0.05) is 0 Å². The Morgan fingerprint density at radius 2 is 0.328 bits per heavy atom. The third kappa shape index (κ3) is 8.53. The Hall–Kier alpha value is -6.30. The summed E-state index contributed by atoms with van der Waals surface area (Å²) in [4.78, 5) is 0. The number of hydrogen-bond acceptors (Lipinski definition) is 8. The molecule has 61 heavy (non-hydrogen) atoms. The number of benzene rings is 8. The predicted molar refractivity (Wildman–Crippen MR) is 246 cm³/mol. The van der Waals surface area contributed by atoms with Crippen LogP contribution < -0.4 is 21.9 Å². The van der Waals surface area contributed by atoms with Crippen molar-refractivity contribution in [2.45, 2.75) is 5.41 Å². The Labute approximate surface area is 355 Å². The molecule has 8 rings (SSSR count). The summed E-state index contributed by atoms with van der Waals surface area (Å²) in [7, 11) is -6.24. The van der Waals surface area contributed by atoms with E-state index in [9.17, 15) is 40.2 Å². The molecule has 8 N–H and O–H groups in total. The summed E-state index contributed by atoms with van der Waals surface area (Å²) in [5.74, 6) is 0. The smallest absolute Gasteiger partial charge is 0.423 e. The van der Waals surface area contributed by atoms with E-state index in [1.807, 2.05) is 48.5 Å². The molecule has 0 aliphatic heterocycles. The fourth-order valence-electron chi connectivity index (χ4n) is 8.04. The van der Waals surface area contributed by atoms with E-state index in [-0.39, 0.29) is 0 Å². The van der Waals surface area contributed by atoms with Crippen molar-refractivity contribution in [1.29, 1.82) is 0 Å². The van der Waals surface area contributed by atoms with E-state index in [0.29, 0.717) is 21.9 Å². The first-order chi connectivity index (χ1) is 29.5. The summed E-state index contributed by atoms with van der Waals surface area (Å²) in [5.41, 5.74) is 12.1. The van der Waals surface area contributed by atoms with Crippen molar-refractivity contribution in [3.8, 4) is 44.5 Å². The molecule has 8 aromatic rings. The molecule has 0 aromatic heterocycles. The van der Waals surface area contributed by atoms with E-state index in [0.717, 1.165) is 66.8 Å². The van der Waals surface area contributed by atoms with Gasteiger partial charge in [0.05, 0.1) is 5.41 Å². The van der Waals surface area contributed by atoms with Crippen molar-refractivity contribution >= 4 is 50.3 Å². The van der Waals surface area contributed by atoms with Crippen LogP contribution in [0.1, 0.15) is 22.3 Å². The maximum Gasteiger partial charge on any atom is 0.488 e. The highest BCUT2D eigenvalue weighted by atomic mass is 16.4. The molecular formula is C49H40B4O8. The average Bonchev–Trinajstić information content (AvgIpc) is 3.30. The maximum atomic E-state index is 9.67. The fourth-order valence-corrected chi connectivity index (χ4v) is 8.04. The zero-order valence-electron chi connectivity index (χ0n) is 32.9. The molecule has 0 saturated heterocycles. The first-order valence-electron chi connectivity index (χ1n) is 19.8. The molecule has 0 aliphatic rings. The van der Waals surface area contributed by atoms with Gasteiger partial charge in [0.25, 0.3) is 0 Å². The molecule has 0 saturated carbocycles. The second kappa shape index (κ2) is 17.7. The largest absolute Gasteiger partial charge is 0.488 e. The SMILES string of the molecule is OB(O)c1ccc(-c2ccc(C(c3ccc(-c4ccc(B(O)O)cc4)cc3)(c3ccc(-c4ccc(B(O)O)cc4)cc3)c3ccc(-c4ccc(B(O)O)cc4)cc3)cc2)cc1. The lowest BCUT2D eigenvalue weighted by Crippen LogP contribution is -2.31. The summed E-state index contributed by atoms with van der Waals surface area (Å²) in [6.45, 7) is 0. The topological polar surface area (TPSA) is 162 Å². The first kappa shape index (κ1) is 41.4. The van der Waals surface area contributed by atoms with Crippen LogP contribution in [0.5, 0.6) is 0 Å². The van der Waals surface area contributed by atoms with Gasteiger partial charge in [-0.2, -0.15) is 0 Å². The minimum Gasteiger partial charge on any atom is -0.423 e. The van der Waals surface area contributed by atoms with Gasteiger partial charge >= 0.3 is 28.5 Å².